The average Bonchev–Trinajstić information content (AvgIpc) is 2.32. The van der Waals surface area contributed by atoms with E-state index in [1.807, 2.05) is 25.1 Å². The number of fused-ring (bicyclic) bond motifs is 1. The van der Waals surface area contributed by atoms with E-state index in [-0.39, 0.29) is 0 Å². The molecule has 0 aliphatic carbocycles. The third-order valence-corrected chi connectivity index (χ3v) is 2.55. The molecule has 17 heavy (non-hydrogen) atoms. The van der Waals surface area contributed by atoms with Gasteiger partial charge in [0, 0.05) is 10.8 Å². The number of hydrogen-bond donors (Lipinski definition) is 1. The Balaban J connectivity index is 0.000000249. The molecule has 3 heteroatoms. The van der Waals surface area contributed by atoms with Gasteiger partial charge in [-0.25, -0.2) is 0 Å². The van der Waals surface area contributed by atoms with E-state index in [9.17, 15) is 0 Å². The molecule has 3 nitrogen and oxygen atoms in total. The number of anilines is 1. The van der Waals surface area contributed by atoms with Crippen molar-refractivity contribution in [1.29, 1.82) is 0 Å². The van der Waals surface area contributed by atoms with Gasteiger partial charge in [-0.05, 0) is 13.0 Å². The van der Waals surface area contributed by atoms with Crippen LogP contribution in [-0.4, -0.2) is 10.2 Å². The summed E-state index contributed by atoms with van der Waals surface area (Å²) in [6.07, 6.45) is 5.79. The monoisotopic (exact) mass is 231 g/mol. The lowest BCUT2D eigenvalue weighted by Crippen LogP contribution is -1.93. The minimum absolute atomic E-state index is 0.496. The van der Waals surface area contributed by atoms with Crippen molar-refractivity contribution in [1.82, 2.24) is 10.2 Å². The fourth-order valence-corrected chi connectivity index (χ4v) is 1.57. The van der Waals surface area contributed by atoms with E-state index in [0.29, 0.717) is 5.82 Å². The predicted molar refractivity (Wildman–Crippen MR) is 73.9 cm³/mol. The minimum atomic E-state index is 0.496. The first kappa shape index (κ1) is 13.4. The number of rotatable bonds is 2. The number of hydrogen-bond acceptors (Lipinski definition) is 3. The molecule has 0 fully saturated rings. The van der Waals surface area contributed by atoms with Crippen LogP contribution in [0.5, 0.6) is 0 Å². The zero-order valence-electron chi connectivity index (χ0n) is 10.9. The smallest absolute Gasteiger partial charge is 0.153 e. The Morgan fingerprint density at radius 1 is 1.18 bits per heavy atom. The Labute approximate surface area is 103 Å². The molecule has 0 bridgehead atoms. The van der Waals surface area contributed by atoms with Crippen molar-refractivity contribution >= 4 is 16.6 Å². The summed E-state index contributed by atoms with van der Waals surface area (Å²) in [6, 6.07) is 6.04. The second-order valence-electron chi connectivity index (χ2n) is 4.17. The van der Waals surface area contributed by atoms with Gasteiger partial charge in [0.25, 0.3) is 0 Å². The van der Waals surface area contributed by atoms with E-state index in [4.69, 9.17) is 5.73 Å². The molecular formula is C14H21N3. The Kier molecular flexibility index (Phi) is 5.40. The molecule has 2 rings (SSSR count). The lowest BCUT2D eigenvalue weighted by Gasteiger charge is -1.99. The van der Waals surface area contributed by atoms with Gasteiger partial charge in [-0.1, -0.05) is 50.8 Å². The van der Waals surface area contributed by atoms with Gasteiger partial charge in [-0.15, -0.1) is 5.10 Å². The van der Waals surface area contributed by atoms with Crippen molar-refractivity contribution < 1.29 is 0 Å². The van der Waals surface area contributed by atoms with Gasteiger partial charge in [0.1, 0.15) is 0 Å². The SMILES string of the molecule is CCCCC.Cc1ccc2cnnc(N)c2c1. The van der Waals surface area contributed by atoms with Crippen LogP contribution in [0, 0.1) is 6.92 Å². The summed E-state index contributed by atoms with van der Waals surface area (Å²) in [5, 5.41) is 9.56. The molecule has 0 aliphatic heterocycles. The van der Waals surface area contributed by atoms with Gasteiger partial charge in [-0.3, -0.25) is 0 Å². The first-order valence-corrected chi connectivity index (χ1v) is 6.16. The number of aryl methyl sites for hydroxylation is 1. The van der Waals surface area contributed by atoms with Crippen LogP contribution in [0.25, 0.3) is 10.8 Å². The third-order valence-electron chi connectivity index (χ3n) is 2.55. The highest BCUT2D eigenvalue weighted by Crippen LogP contribution is 2.18. The van der Waals surface area contributed by atoms with Gasteiger partial charge in [0.2, 0.25) is 0 Å². The minimum Gasteiger partial charge on any atom is -0.382 e. The zero-order chi connectivity index (χ0) is 12.7. The second kappa shape index (κ2) is 6.84. The predicted octanol–water partition coefficient (Wildman–Crippen LogP) is 3.72. The van der Waals surface area contributed by atoms with Crippen molar-refractivity contribution in [3.63, 3.8) is 0 Å². The van der Waals surface area contributed by atoms with Crippen molar-refractivity contribution in [3.05, 3.63) is 30.0 Å². The van der Waals surface area contributed by atoms with Gasteiger partial charge in [0.05, 0.1) is 6.20 Å². The maximum atomic E-state index is 5.65. The maximum Gasteiger partial charge on any atom is 0.153 e. The van der Waals surface area contributed by atoms with Gasteiger partial charge in [0.15, 0.2) is 5.82 Å². The summed E-state index contributed by atoms with van der Waals surface area (Å²) in [7, 11) is 0. The highest BCUT2D eigenvalue weighted by Gasteiger charge is 1.98. The summed E-state index contributed by atoms with van der Waals surface area (Å²) < 4.78 is 0. The van der Waals surface area contributed by atoms with Gasteiger partial charge < -0.3 is 5.73 Å². The van der Waals surface area contributed by atoms with Crippen LogP contribution in [0.4, 0.5) is 5.82 Å². The Bertz CT molecular complexity index is 464. The Morgan fingerprint density at radius 2 is 1.88 bits per heavy atom. The van der Waals surface area contributed by atoms with E-state index in [1.165, 1.54) is 24.8 Å². The fraction of sp³-hybridized carbons (Fsp3) is 0.429. The van der Waals surface area contributed by atoms with Crippen LogP contribution in [0.1, 0.15) is 38.7 Å². The van der Waals surface area contributed by atoms with Crippen LogP contribution in [-0.2, 0) is 0 Å². The van der Waals surface area contributed by atoms with E-state index in [0.717, 1.165) is 10.8 Å². The molecule has 0 saturated carbocycles. The van der Waals surface area contributed by atoms with Crippen molar-refractivity contribution in [2.24, 2.45) is 0 Å². The topological polar surface area (TPSA) is 51.8 Å². The molecule has 0 saturated heterocycles. The zero-order valence-corrected chi connectivity index (χ0v) is 10.9. The number of aromatic nitrogens is 2. The van der Waals surface area contributed by atoms with Gasteiger partial charge >= 0.3 is 0 Å². The highest BCUT2D eigenvalue weighted by atomic mass is 15.1. The molecule has 0 radical (unpaired) electrons. The molecule has 1 aromatic carbocycles. The summed E-state index contributed by atoms with van der Waals surface area (Å²) >= 11 is 0. The van der Waals surface area contributed by atoms with E-state index < -0.39 is 0 Å². The van der Waals surface area contributed by atoms with E-state index in [2.05, 4.69) is 24.0 Å². The number of nitrogen functional groups attached to an aromatic ring is 1. The van der Waals surface area contributed by atoms with Crippen LogP contribution in [0.2, 0.25) is 0 Å². The summed E-state index contributed by atoms with van der Waals surface area (Å²) in [6.45, 7) is 6.45. The largest absolute Gasteiger partial charge is 0.382 e. The molecule has 0 unspecified atom stereocenters. The fourth-order valence-electron chi connectivity index (χ4n) is 1.57. The quantitative estimate of drug-likeness (QED) is 0.857. The number of unbranched alkanes of at least 4 members (excludes halogenated alkanes) is 2. The third kappa shape index (κ3) is 4.02. The van der Waals surface area contributed by atoms with E-state index in [1.54, 1.807) is 6.20 Å². The molecule has 2 aromatic rings. The molecule has 0 amide bonds. The van der Waals surface area contributed by atoms with Crippen LogP contribution >= 0.6 is 0 Å². The maximum absolute atomic E-state index is 5.65. The first-order chi connectivity index (χ1) is 8.19. The standard InChI is InChI=1S/C9H9N3.C5H12/c1-6-2-3-7-5-11-12-9(10)8(7)4-6;1-3-5-4-2/h2-5H,1H3,(H2,10,12);3-5H2,1-2H3. The van der Waals surface area contributed by atoms with Crippen LogP contribution < -0.4 is 5.73 Å². The molecule has 0 spiro atoms. The number of nitrogens with two attached hydrogens (primary N) is 1. The summed E-state index contributed by atoms with van der Waals surface area (Å²) in [5.74, 6) is 0.496. The second-order valence-corrected chi connectivity index (χ2v) is 4.17. The number of nitrogens with zero attached hydrogens (tertiary/aromatic N) is 2. The van der Waals surface area contributed by atoms with Crippen molar-refractivity contribution in [3.8, 4) is 0 Å². The summed E-state index contributed by atoms with van der Waals surface area (Å²) in [5.41, 5.74) is 6.83. The Hall–Kier alpha value is -1.64. The molecule has 0 aliphatic rings. The van der Waals surface area contributed by atoms with Crippen LogP contribution in [0.3, 0.4) is 0 Å². The molecule has 92 valence electrons. The first-order valence-electron chi connectivity index (χ1n) is 6.16. The van der Waals surface area contributed by atoms with E-state index >= 15 is 0 Å². The van der Waals surface area contributed by atoms with Crippen LogP contribution in [0.15, 0.2) is 24.4 Å². The molecule has 1 aromatic heterocycles. The lowest BCUT2D eigenvalue weighted by molar-refractivity contribution is 0.772. The normalized spacial score (nSPS) is 9.82. The molecule has 2 N–H and O–H groups in total. The molecule has 0 atom stereocenters. The van der Waals surface area contributed by atoms with Crippen molar-refractivity contribution in [2.75, 3.05) is 5.73 Å². The molecular weight excluding hydrogens is 210 g/mol. The average molecular weight is 231 g/mol. The lowest BCUT2D eigenvalue weighted by atomic mass is 10.1. The highest BCUT2D eigenvalue weighted by molar-refractivity contribution is 5.90. The Morgan fingerprint density at radius 3 is 2.47 bits per heavy atom. The summed E-state index contributed by atoms with van der Waals surface area (Å²) in [4.78, 5) is 0. The number of benzene rings is 1. The van der Waals surface area contributed by atoms with Gasteiger partial charge in [-0.2, -0.15) is 5.10 Å². The van der Waals surface area contributed by atoms with Crippen molar-refractivity contribution in [2.45, 2.75) is 40.0 Å². The molecule has 1 heterocycles.